The molecule has 0 spiro atoms. The number of hydrogen-bond acceptors (Lipinski definition) is 3. The van der Waals surface area contributed by atoms with Crippen LogP contribution in [-0.4, -0.2) is 18.6 Å². The summed E-state index contributed by atoms with van der Waals surface area (Å²) in [7, 11) is 0. The Morgan fingerprint density at radius 1 is 1.53 bits per heavy atom. The van der Waals surface area contributed by atoms with Gasteiger partial charge in [-0.05, 0) is 24.1 Å². The summed E-state index contributed by atoms with van der Waals surface area (Å²) in [6.45, 7) is 2.26. The number of carbonyl (C=O) groups excluding carboxylic acids is 1. The van der Waals surface area contributed by atoms with Crippen LogP contribution >= 0.6 is 0 Å². The molecule has 1 aliphatic rings. The molecule has 1 aliphatic heterocycles. The molecule has 0 radical (unpaired) electrons. The highest BCUT2D eigenvalue weighted by Gasteiger charge is 2.25. The molecule has 4 nitrogen and oxygen atoms in total. The van der Waals surface area contributed by atoms with E-state index in [1.54, 1.807) is 0 Å². The highest BCUT2D eigenvalue weighted by molar-refractivity contribution is 5.97. The topological polar surface area (TPSA) is 64.4 Å². The lowest BCUT2D eigenvalue weighted by molar-refractivity contribution is -0.123. The molecule has 0 saturated carbocycles. The molecule has 1 aromatic carbocycles. The van der Waals surface area contributed by atoms with Crippen LogP contribution in [0.4, 0.5) is 5.69 Å². The van der Waals surface area contributed by atoms with Crippen LogP contribution in [0.5, 0.6) is 5.75 Å². The number of carbonyl (C=O) groups is 1. The zero-order valence-electron chi connectivity index (χ0n) is 8.62. The van der Waals surface area contributed by atoms with Crippen LogP contribution in [0.1, 0.15) is 12.5 Å². The third-order valence-electron chi connectivity index (χ3n) is 2.49. The van der Waals surface area contributed by atoms with Gasteiger partial charge in [-0.15, -0.1) is 0 Å². The second kappa shape index (κ2) is 3.90. The molecule has 0 aromatic heterocycles. The summed E-state index contributed by atoms with van der Waals surface area (Å²) < 4.78 is 5.46. The highest BCUT2D eigenvalue weighted by atomic mass is 16.5. The van der Waals surface area contributed by atoms with Gasteiger partial charge in [-0.1, -0.05) is 13.0 Å². The first kappa shape index (κ1) is 9.98. The summed E-state index contributed by atoms with van der Waals surface area (Å²) in [4.78, 5) is 11.5. The number of benzene rings is 1. The van der Waals surface area contributed by atoms with Gasteiger partial charge in [0.1, 0.15) is 5.75 Å². The van der Waals surface area contributed by atoms with E-state index in [-0.39, 0.29) is 12.5 Å². The Balaban J connectivity index is 2.32. The van der Waals surface area contributed by atoms with Crippen molar-refractivity contribution in [3.8, 4) is 5.75 Å². The Bertz CT molecular complexity index is 390. The number of aryl methyl sites for hydroxylation is 1. The van der Waals surface area contributed by atoms with Crippen LogP contribution in [-0.2, 0) is 11.2 Å². The van der Waals surface area contributed by atoms with Crippen molar-refractivity contribution in [3.63, 3.8) is 0 Å². The summed E-state index contributed by atoms with van der Waals surface area (Å²) in [6, 6.07) is 5.79. The SMILES string of the molecule is CCc1ccc2c(c1)NC(=O)C(CN)O2. The number of fused-ring (bicyclic) bond motifs is 1. The lowest BCUT2D eigenvalue weighted by atomic mass is 10.1. The second-order valence-electron chi connectivity index (χ2n) is 3.52. The lowest BCUT2D eigenvalue weighted by Crippen LogP contribution is -2.42. The molecule has 3 N–H and O–H groups in total. The van der Waals surface area contributed by atoms with E-state index < -0.39 is 6.10 Å². The second-order valence-corrected chi connectivity index (χ2v) is 3.52. The predicted octanol–water partition coefficient (Wildman–Crippen LogP) is 0.907. The molecule has 1 amide bonds. The smallest absolute Gasteiger partial charge is 0.266 e. The van der Waals surface area contributed by atoms with Gasteiger partial charge in [0, 0.05) is 6.54 Å². The van der Waals surface area contributed by atoms with Crippen molar-refractivity contribution in [1.29, 1.82) is 0 Å². The van der Waals surface area contributed by atoms with Gasteiger partial charge in [0.2, 0.25) is 0 Å². The zero-order valence-corrected chi connectivity index (χ0v) is 8.62. The maximum Gasteiger partial charge on any atom is 0.266 e. The Kier molecular flexibility index (Phi) is 2.60. The minimum Gasteiger partial charge on any atom is -0.477 e. The Labute approximate surface area is 88.4 Å². The Hall–Kier alpha value is -1.55. The number of hydrogen-bond donors (Lipinski definition) is 2. The van der Waals surface area contributed by atoms with Gasteiger partial charge < -0.3 is 15.8 Å². The lowest BCUT2D eigenvalue weighted by Gasteiger charge is -2.25. The Morgan fingerprint density at radius 2 is 2.33 bits per heavy atom. The van der Waals surface area contributed by atoms with E-state index in [0.29, 0.717) is 5.75 Å². The molecule has 4 heteroatoms. The van der Waals surface area contributed by atoms with Crippen molar-refractivity contribution in [1.82, 2.24) is 0 Å². The van der Waals surface area contributed by atoms with E-state index >= 15 is 0 Å². The predicted molar refractivity (Wildman–Crippen MR) is 57.9 cm³/mol. The Morgan fingerprint density at radius 3 is 3.00 bits per heavy atom. The number of nitrogens with one attached hydrogen (secondary N) is 1. The van der Waals surface area contributed by atoms with Crippen molar-refractivity contribution >= 4 is 11.6 Å². The molecule has 1 unspecified atom stereocenters. The van der Waals surface area contributed by atoms with Crippen LogP contribution in [0.15, 0.2) is 18.2 Å². The fourth-order valence-electron chi connectivity index (χ4n) is 1.57. The molecule has 1 heterocycles. The van der Waals surface area contributed by atoms with Crippen molar-refractivity contribution < 1.29 is 9.53 Å². The standard InChI is InChI=1S/C11H14N2O2/c1-2-7-3-4-9-8(5-7)13-11(14)10(6-12)15-9/h3-5,10H,2,6,12H2,1H3,(H,13,14). The summed E-state index contributed by atoms with van der Waals surface area (Å²) in [5.74, 6) is 0.528. The first-order valence-corrected chi connectivity index (χ1v) is 5.05. The van der Waals surface area contributed by atoms with Crippen molar-refractivity contribution in [2.75, 3.05) is 11.9 Å². The van der Waals surface area contributed by atoms with Crippen molar-refractivity contribution in [2.45, 2.75) is 19.4 Å². The van der Waals surface area contributed by atoms with Gasteiger partial charge in [-0.25, -0.2) is 0 Å². The van der Waals surface area contributed by atoms with Crippen molar-refractivity contribution in [2.24, 2.45) is 5.73 Å². The molecule has 15 heavy (non-hydrogen) atoms. The van der Waals surface area contributed by atoms with E-state index in [1.165, 1.54) is 5.56 Å². The highest BCUT2D eigenvalue weighted by Crippen LogP contribution is 2.30. The monoisotopic (exact) mass is 206 g/mol. The molecule has 1 atom stereocenters. The van der Waals surface area contributed by atoms with E-state index in [1.807, 2.05) is 18.2 Å². The van der Waals surface area contributed by atoms with Crippen LogP contribution < -0.4 is 15.8 Å². The van der Waals surface area contributed by atoms with Gasteiger partial charge in [0.15, 0.2) is 6.10 Å². The van der Waals surface area contributed by atoms with Gasteiger partial charge in [0.05, 0.1) is 5.69 Å². The van der Waals surface area contributed by atoms with Crippen LogP contribution in [0.25, 0.3) is 0 Å². The van der Waals surface area contributed by atoms with Gasteiger partial charge in [0.25, 0.3) is 5.91 Å². The molecule has 0 fully saturated rings. The zero-order chi connectivity index (χ0) is 10.8. The fraction of sp³-hybridized carbons (Fsp3) is 0.364. The first-order chi connectivity index (χ1) is 7.24. The summed E-state index contributed by atoms with van der Waals surface area (Å²) >= 11 is 0. The fourth-order valence-corrected chi connectivity index (χ4v) is 1.57. The van der Waals surface area contributed by atoms with Crippen molar-refractivity contribution in [3.05, 3.63) is 23.8 Å². The molecular weight excluding hydrogens is 192 g/mol. The number of amides is 1. The van der Waals surface area contributed by atoms with Crippen LogP contribution in [0.2, 0.25) is 0 Å². The molecule has 0 bridgehead atoms. The van der Waals surface area contributed by atoms with E-state index in [4.69, 9.17) is 10.5 Å². The molecular formula is C11H14N2O2. The quantitative estimate of drug-likeness (QED) is 0.755. The maximum atomic E-state index is 11.5. The number of nitrogens with two attached hydrogens (primary N) is 1. The first-order valence-electron chi connectivity index (χ1n) is 5.05. The minimum atomic E-state index is -0.565. The van der Waals surface area contributed by atoms with E-state index in [0.717, 1.165) is 12.1 Å². The molecule has 2 rings (SSSR count). The summed E-state index contributed by atoms with van der Waals surface area (Å²) in [5.41, 5.74) is 7.33. The van der Waals surface area contributed by atoms with Gasteiger partial charge in [-0.3, -0.25) is 4.79 Å². The third kappa shape index (κ3) is 1.80. The largest absolute Gasteiger partial charge is 0.477 e. The molecule has 0 saturated heterocycles. The van der Waals surface area contributed by atoms with E-state index in [9.17, 15) is 4.79 Å². The van der Waals surface area contributed by atoms with Gasteiger partial charge in [-0.2, -0.15) is 0 Å². The molecule has 0 aliphatic carbocycles. The third-order valence-corrected chi connectivity index (χ3v) is 2.49. The normalized spacial score (nSPS) is 19.1. The van der Waals surface area contributed by atoms with Crippen LogP contribution in [0, 0.1) is 0 Å². The average Bonchev–Trinajstić information content (AvgIpc) is 2.27. The number of rotatable bonds is 2. The maximum absolute atomic E-state index is 11.5. The van der Waals surface area contributed by atoms with Gasteiger partial charge >= 0.3 is 0 Å². The summed E-state index contributed by atoms with van der Waals surface area (Å²) in [6.07, 6.45) is 0.369. The summed E-state index contributed by atoms with van der Waals surface area (Å²) in [5, 5.41) is 2.79. The number of anilines is 1. The molecule has 80 valence electrons. The average molecular weight is 206 g/mol. The van der Waals surface area contributed by atoms with Crippen LogP contribution in [0.3, 0.4) is 0 Å². The molecule has 1 aromatic rings. The number of ether oxygens (including phenoxy) is 1. The van der Waals surface area contributed by atoms with E-state index in [2.05, 4.69) is 12.2 Å². The minimum absolute atomic E-state index is 0.168.